The summed E-state index contributed by atoms with van der Waals surface area (Å²) in [6.45, 7) is 10.2. The molecule has 0 spiro atoms. The standard InChI is InChI=1S/C30H38N4O2/c1-30(2,3)21-34-26-16-15-23(18-27(26)32(4)29(34)35)25-13-8-14-28(31-25)36-24-12-9-17-33(20-24)19-22-10-6-5-7-11-22/h5-6,8,10,13-16,18,24H,7,9,11-12,17,19-21H2,1-4H3/t24-/m1/s1. The summed E-state index contributed by atoms with van der Waals surface area (Å²) in [5, 5.41) is 0. The van der Waals surface area contributed by atoms with Crippen LogP contribution in [-0.2, 0) is 13.6 Å². The Morgan fingerprint density at radius 2 is 2.00 bits per heavy atom. The molecule has 0 N–H and O–H groups in total. The number of aryl methyl sites for hydroxylation is 1. The number of fused-ring (bicyclic) bond motifs is 1. The number of ether oxygens (including phenoxy) is 1. The van der Waals surface area contributed by atoms with Gasteiger partial charge in [0.1, 0.15) is 6.10 Å². The minimum atomic E-state index is 0.0170. The van der Waals surface area contributed by atoms with Gasteiger partial charge < -0.3 is 4.74 Å². The Labute approximate surface area is 213 Å². The van der Waals surface area contributed by atoms with E-state index in [-0.39, 0.29) is 17.2 Å². The average molecular weight is 487 g/mol. The molecule has 1 fully saturated rings. The Kier molecular flexibility index (Phi) is 6.89. The lowest BCUT2D eigenvalue weighted by Gasteiger charge is -2.33. The fraction of sp³-hybridized carbons (Fsp3) is 0.467. The first kappa shape index (κ1) is 24.6. The van der Waals surface area contributed by atoms with Gasteiger partial charge in [0.15, 0.2) is 0 Å². The Morgan fingerprint density at radius 3 is 2.78 bits per heavy atom. The van der Waals surface area contributed by atoms with Gasteiger partial charge in [-0.2, -0.15) is 0 Å². The highest BCUT2D eigenvalue weighted by Gasteiger charge is 2.23. The highest BCUT2D eigenvalue weighted by Crippen LogP contribution is 2.27. The van der Waals surface area contributed by atoms with Crippen LogP contribution in [0.3, 0.4) is 0 Å². The molecule has 190 valence electrons. The summed E-state index contributed by atoms with van der Waals surface area (Å²) in [7, 11) is 1.84. The van der Waals surface area contributed by atoms with Crippen molar-refractivity contribution in [2.24, 2.45) is 12.5 Å². The number of imidazole rings is 1. The second-order valence-electron chi connectivity index (χ2n) is 11.5. The van der Waals surface area contributed by atoms with Gasteiger partial charge in [0.2, 0.25) is 5.88 Å². The van der Waals surface area contributed by atoms with Crippen molar-refractivity contribution in [3.8, 4) is 17.1 Å². The number of rotatable bonds is 6. The van der Waals surface area contributed by atoms with E-state index in [1.54, 1.807) is 4.57 Å². The van der Waals surface area contributed by atoms with Crippen LogP contribution in [0.1, 0.15) is 46.5 Å². The third-order valence-corrected chi connectivity index (χ3v) is 7.07. The molecule has 36 heavy (non-hydrogen) atoms. The van der Waals surface area contributed by atoms with Crippen LogP contribution in [0.15, 0.2) is 65.0 Å². The van der Waals surface area contributed by atoms with E-state index < -0.39 is 0 Å². The number of aromatic nitrogens is 3. The van der Waals surface area contributed by atoms with Crippen molar-refractivity contribution in [1.29, 1.82) is 0 Å². The molecule has 0 saturated carbocycles. The maximum absolute atomic E-state index is 12.9. The summed E-state index contributed by atoms with van der Waals surface area (Å²) in [4.78, 5) is 20.3. The molecule has 1 aliphatic heterocycles. The van der Waals surface area contributed by atoms with Gasteiger partial charge in [0.25, 0.3) is 0 Å². The third-order valence-electron chi connectivity index (χ3n) is 7.07. The van der Waals surface area contributed by atoms with Crippen LogP contribution in [0.25, 0.3) is 22.3 Å². The summed E-state index contributed by atoms with van der Waals surface area (Å²) in [6.07, 6.45) is 11.3. The summed E-state index contributed by atoms with van der Waals surface area (Å²) < 4.78 is 9.99. The quantitative estimate of drug-likeness (QED) is 0.457. The van der Waals surface area contributed by atoms with Gasteiger partial charge in [-0.05, 0) is 55.8 Å². The predicted molar refractivity (Wildman–Crippen MR) is 146 cm³/mol. The molecule has 5 rings (SSSR count). The summed E-state index contributed by atoms with van der Waals surface area (Å²) in [5.41, 5.74) is 5.27. The van der Waals surface area contributed by atoms with Crippen molar-refractivity contribution in [1.82, 2.24) is 19.0 Å². The second kappa shape index (κ2) is 10.1. The van der Waals surface area contributed by atoms with Crippen molar-refractivity contribution in [2.45, 2.75) is 59.1 Å². The van der Waals surface area contributed by atoms with Gasteiger partial charge in [0.05, 0.1) is 16.7 Å². The zero-order valence-electron chi connectivity index (χ0n) is 22.0. The summed E-state index contributed by atoms with van der Waals surface area (Å²) in [6, 6.07) is 12.1. The number of piperidine rings is 1. The molecule has 1 saturated heterocycles. The monoisotopic (exact) mass is 486 g/mol. The molecule has 3 heterocycles. The van der Waals surface area contributed by atoms with E-state index >= 15 is 0 Å². The zero-order valence-corrected chi connectivity index (χ0v) is 22.0. The Balaban J connectivity index is 1.33. The highest BCUT2D eigenvalue weighted by molar-refractivity contribution is 5.82. The Hall–Kier alpha value is -3.12. The second-order valence-corrected chi connectivity index (χ2v) is 11.5. The van der Waals surface area contributed by atoms with E-state index in [4.69, 9.17) is 9.72 Å². The molecule has 0 radical (unpaired) electrons. The van der Waals surface area contributed by atoms with Gasteiger partial charge >= 0.3 is 5.69 Å². The molecule has 6 heteroatoms. The minimum Gasteiger partial charge on any atom is -0.473 e. The van der Waals surface area contributed by atoms with E-state index in [9.17, 15) is 4.79 Å². The van der Waals surface area contributed by atoms with Crippen LogP contribution in [-0.4, -0.2) is 44.8 Å². The maximum Gasteiger partial charge on any atom is 0.328 e. The molecule has 0 amide bonds. The largest absolute Gasteiger partial charge is 0.473 e. The number of likely N-dealkylation sites (tertiary alicyclic amines) is 1. The number of hydrogen-bond donors (Lipinski definition) is 0. The average Bonchev–Trinajstić information content (AvgIpc) is 3.08. The van der Waals surface area contributed by atoms with Crippen molar-refractivity contribution in [3.05, 3.63) is 70.7 Å². The lowest BCUT2D eigenvalue weighted by Crippen LogP contribution is -2.42. The fourth-order valence-electron chi connectivity index (χ4n) is 5.33. The number of benzene rings is 1. The van der Waals surface area contributed by atoms with Crippen molar-refractivity contribution in [2.75, 3.05) is 19.6 Å². The van der Waals surface area contributed by atoms with Crippen LogP contribution in [0.4, 0.5) is 0 Å². The van der Waals surface area contributed by atoms with Gasteiger partial charge in [0, 0.05) is 38.3 Å². The van der Waals surface area contributed by atoms with E-state index in [0.29, 0.717) is 12.4 Å². The van der Waals surface area contributed by atoms with E-state index in [0.717, 1.165) is 67.6 Å². The molecule has 3 aromatic rings. The van der Waals surface area contributed by atoms with Crippen molar-refractivity contribution >= 4 is 11.0 Å². The van der Waals surface area contributed by atoms with Gasteiger partial charge in [-0.25, -0.2) is 9.78 Å². The summed E-state index contributed by atoms with van der Waals surface area (Å²) >= 11 is 0. The molecule has 6 nitrogen and oxygen atoms in total. The first-order valence-corrected chi connectivity index (χ1v) is 13.2. The molecule has 1 atom stereocenters. The number of allylic oxidation sites excluding steroid dienone is 3. The lowest BCUT2D eigenvalue weighted by atomic mass is 9.97. The predicted octanol–water partition coefficient (Wildman–Crippen LogP) is 5.57. The van der Waals surface area contributed by atoms with Crippen LogP contribution >= 0.6 is 0 Å². The van der Waals surface area contributed by atoms with Crippen LogP contribution in [0.2, 0.25) is 0 Å². The smallest absolute Gasteiger partial charge is 0.328 e. The molecule has 1 aromatic carbocycles. The molecule has 1 aliphatic carbocycles. The first-order valence-electron chi connectivity index (χ1n) is 13.2. The molecular weight excluding hydrogens is 448 g/mol. The minimum absolute atomic E-state index is 0.0170. The van der Waals surface area contributed by atoms with E-state index in [2.05, 4.69) is 56.0 Å². The fourth-order valence-corrected chi connectivity index (χ4v) is 5.33. The highest BCUT2D eigenvalue weighted by atomic mass is 16.5. The zero-order chi connectivity index (χ0) is 25.3. The molecule has 2 aliphatic rings. The number of nitrogens with zero attached hydrogens (tertiary/aromatic N) is 4. The van der Waals surface area contributed by atoms with Gasteiger partial charge in [-0.15, -0.1) is 0 Å². The molecule has 0 unspecified atom stereocenters. The van der Waals surface area contributed by atoms with Gasteiger partial charge in [-0.1, -0.05) is 56.7 Å². The summed E-state index contributed by atoms with van der Waals surface area (Å²) in [5.74, 6) is 0.665. The van der Waals surface area contributed by atoms with Gasteiger partial charge in [-0.3, -0.25) is 14.0 Å². The van der Waals surface area contributed by atoms with Crippen LogP contribution in [0.5, 0.6) is 5.88 Å². The normalized spacial score (nSPS) is 19.0. The molecule has 0 bridgehead atoms. The number of pyridine rings is 1. The lowest BCUT2D eigenvalue weighted by molar-refractivity contribution is 0.0901. The molecular formula is C30H38N4O2. The Bertz CT molecular complexity index is 1360. The maximum atomic E-state index is 12.9. The number of hydrogen-bond acceptors (Lipinski definition) is 4. The van der Waals surface area contributed by atoms with Crippen LogP contribution < -0.4 is 10.4 Å². The SMILES string of the molecule is Cn1c(=O)n(CC(C)(C)C)c2ccc(-c3cccc(O[C@@H]4CCCN(CC5=CC=CCC5)C4)n3)cc21. The van der Waals surface area contributed by atoms with E-state index in [1.807, 2.05) is 35.9 Å². The van der Waals surface area contributed by atoms with Crippen LogP contribution in [0, 0.1) is 5.41 Å². The van der Waals surface area contributed by atoms with E-state index in [1.165, 1.54) is 5.57 Å². The molecule has 2 aromatic heterocycles. The van der Waals surface area contributed by atoms with Crippen molar-refractivity contribution in [3.63, 3.8) is 0 Å². The van der Waals surface area contributed by atoms with Crippen molar-refractivity contribution < 1.29 is 4.74 Å². The third kappa shape index (κ3) is 5.49. The Morgan fingerprint density at radius 1 is 1.14 bits per heavy atom. The first-order chi connectivity index (χ1) is 17.3. The topological polar surface area (TPSA) is 52.3 Å².